The van der Waals surface area contributed by atoms with E-state index in [-0.39, 0.29) is 17.5 Å². The van der Waals surface area contributed by atoms with Crippen LogP contribution in [0.4, 0.5) is 0 Å². The van der Waals surface area contributed by atoms with Crippen molar-refractivity contribution in [3.8, 4) is 11.5 Å². The Bertz CT molecular complexity index is 810. The summed E-state index contributed by atoms with van der Waals surface area (Å²) in [5, 5.41) is 9.97. The minimum Gasteiger partial charge on any atom is -0.504 e. The highest BCUT2D eigenvalue weighted by Gasteiger charge is 2.34. The largest absolute Gasteiger partial charge is 0.504 e. The molecular weight excluding hydrogens is 338 g/mol. The van der Waals surface area contributed by atoms with E-state index in [1.54, 1.807) is 13.2 Å². The first kappa shape index (κ1) is 18.1. The minimum atomic E-state index is 0.0529. The maximum Gasteiger partial charge on any atom is 0.166 e. The first-order chi connectivity index (χ1) is 13.1. The highest BCUT2D eigenvalue weighted by molar-refractivity contribution is 6.02. The molecule has 1 N–H and O–H groups in total. The number of Topliss-reactive ketones (excluding diaryl/α,β-unsaturated/α-hetero) is 1. The van der Waals surface area contributed by atoms with Gasteiger partial charge in [0.05, 0.1) is 7.11 Å². The lowest BCUT2D eigenvalue weighted by molar-refractivity contribution is 0.0895. The van der Waals surface area contributed by atoms with Crippen molar-refractivity contribution in [2.75, 3.05) is 20.2 Å². The summed E-state index contributed by atoms with van der Waals surface area (Å²) in [7, 11) is 1.54. The van der Waals surface area contributed by atoms with Crippen LogP contribution in [0.25, 0.3) is 0 Å². The number of ketones is 1. The third-order valence-corrected chi connectivity index (χ3v) is 6.08. The first-order valence-corrected chi connectivity index (χ1v) is 9.84. The van der Waals surface area contributed by atoms with Crippen LogP contribution < -0.4 is 4.74 Å². The van der Waals surface area contributed by atoms with Crippen LogP contribution in [0.15, 0.2) is 42.5 Å². The Hall–Kier alpha value is -2.33. The molecule has 4 nitrogen and oxygen atoms in total. The smallest absolute Gasteiger partial charge is 0.166 e. The zero-order valence-electron chi connectivity index (χ0n) is 15.9. The molecule has 0 radical (unpaired) electrons. The number of phenolic OH excluding ortho intramolecular Hbond substituents is 1. The molecule has 0 unspecified atom stereocenters. The van der Waals surface area contributed by atoms with E-state index in [4.69, 9.17) is 4.74 Å². The van der Waals surface area contributed by atoms with E-state index in [2.05, 4.69) is 35.2 Å². The van der Waals surface area contributed by atoms with Crippen LogP contribution in [0.1, 0.15) is 40.7 Å². The Kier molecular flexibility index (Phi) is 5.17. The Morgan fingerprint density at radius 1 is 1.15 bits per heavy atom. The van der Waals surface area contributed by atoms with Crippen molar-refractivity contribution in [1.29, 1.82) is 0 Å². The molecule has 0 spiro atoms. The zero-order chi connectivity index (χ0) is 18.8. The molecule has 27 heavy (non-hydrogen) atoms. The molecule has 4 rings (SSSR count). The molecule has 1 fully saturated rings. The maximum atomic E-state index is 12.8. The molecule has 2 aromatic carbocycles. The molecular formula is C23H27NO3. The molecule has 1 aliphatic heterocycles. The summed E-state index contributed by atoms with van der Waals surface area (Å²) in [5.41, 5.74) is 3.06. The molecule has 0 saturated carbocycles. The molecule has 4 heteroatoms. The number of nitrogens with zero attached hydrogens (tertiary/aromatic N) is 1. The first-order valence-electron chi connectivity index (χ1n) is 9.84. The molecule has 0 bridgehead atoms. The summed E-state index contributed by atoms with van der Waals surface area (Å²) in [5.74, 6) is 1.36. The van der Waals surface area contributed by atoms with Crippen LogP contribution in [0, 0.1) is 11.8 Å². The van der Waals surface area contributed by atoms with E-state index in [9.17, 15) is 9.90 Å². The second-order valence-corrected chi connectivity index (χ2v) is 7.89. The maximum absolute atomic E-state index is 12.8. The lowest BCUT2D eigenvalue weighted by Gasteiger charge is -2.32. The fraction of sp³-hybridized carbons (Fsp3) is 0.435. The van der Waals surface area contributed by atoms with Crippen LogP contribution in [-0.2, 0) is 13.0 Å². The predicted octanol–water partition coefficient (Wildman–Crippen LogP) is 4.06. The number of phenols is 1. The number of likely N-dealkylation sites (tertiary alicyclic amines) is 1. The summed E-state index contributed by atoms with van der Waals surface area (Å²) in [6.45, 7) is 3.21. The van der Waals surface area contributed by atoms with E-state index in [0.717, 1.165) is 50.9 Å². The summed E-state index contributed by atoms with van der Waals surface area (Å²) in [6.07, 6.45) is 4.04. The van der Waals surface area contributed by atoms with Crippen molar-refractivity contribution in [3.05, 3.63) is 59.2 Å². The number of benzene rings is 2. The standard InChI is InChI=1S/C23H27NO3/c1-27-22-13-18-12-19(23(26)20(18)14-21(22)25)11-16-7-9-24(10-8-16)15-17-5-3-2-4-6-17/h2-6,13-14,16,19,25H,7-12,15H2,1H3/t19-/m1/s1. The van der Waals surface area contributed by atoms with Crippen molar-refractivity contribution >= 4 is 5.78 Å². The summed E-state index contributed by atoms with van der Waals surface area (Å²) >= 11 is 0. The second-order valence-electron chi connectivity index (χ2n) is 7.89. The van der Waals surface area contributed by atoms with Crippen molar-refractivity contribution in [2.24, 2.45) is 11.8 Å². The number of carbonyl (C=O) groups excluding carboxylic acids is 1. The highest BCUT2D eigenvalue weighted by Crippen LogP contribution is 2.39. The van der Waals surface area contributed by atoms with Crippen molar-refractivity contribution < 1.29 is 14.6 Å². The summed E-state index contributed by atoms with van der Waals surface area (Å²) < 4.78 is 5.18. The number of rotatable bonds is 5. The van der Waals surface area contributed by atoms with Crippen molar-refractivity contribution in [1.82, 2.24) is 4.90 Å². The van der Waals surface area contributed by atoms with Crippen LogP contribution in [0.3, 0.4) is 0 Å². The number of hydrogen-bond acceptors (Lipinski definition) is 4. The number of fused-ring (bicyclic) bond motifs is 1. The van der Waals surface area contributed by atoms with E-state index in [0.29, 0.717) is 17.2 Å². The Balaban J connectivity index is 1.32. The van der Waals surface area contributed by atoms with Gasteiger partial charge in [0, 0.05) is 18.0 Å². The number of ether oxygens (including phenoxy) is 1. The van der Waals surface area contributed by atoms with Crippen LogP contribution >= 0.6 is 0 Å². The number of piperidine rings is 1. The highest BCUT2D eigenvalue weighted by atomic mass is 16.5. The van der Waals surface area contributed by atoms with Gasteiger partial charge in [0.15, 0.2) is 17.3 Å². The average Bonchev–Trinajstić information content (AvgIpc) is 2.98. The van der Waals surface area contributed by atoms with Crippen LogP contribution in [0.2, 0.25) is 0 Å². The lowest BCUT2D eigenvalue weighted by atomic mass is 9.85. The quantitative estimate of drug-likeness (QED) is 0.868. The zero-order valence-corrected chi connectivity index (χ0v) is 15.9. The monoisotopic (exact) mass is 365 g/mol. The van der Waals surface area contributed by atoms with Gasteiger partial charge in [0.1, 0.15) is 0 Å². The SMILES string of the molecule is COc1cc2c(cc1O)C(=O)[C@H](CC1CCN(Cc3ccccc3)CC1)C2. The van der Waals surface area contributed by atoms with E-state index in [1.165, 1.54) is 5.56 Å². The third-order valence-electron chi connectivity index (χ3n) is 6.08. The van der Waals surface area contributed by atoms with Gasteiger partial charge in [0.2, 0.25) is 0 Å². The molecule has 0 aromatic heterocycles. The van der Waals surface area contributed by atoms with Gasteiger partial charge in [-0.25, -0.2) is 0 Å². The van der Waals surface area contributed by atoms with Gasteiger partial charge < -0.3 is 9.84 Å². The second kappa shape index (κ2) is 7.73. The predicted molar refractivity (Wildman–Crippen MR) is 105 cm³/mol. The van der Waals surface area contributed by atoms with Gasteiger partial charge in [-0.2, -0.15) is 0 Å². The summed E-state index contributed by atoms with van der Waals surface area (Å²) in [4.78, 5) is 15.3. The van der Waals surface area contributed by atoms with Gasteiger partial charge in [-0.3, -0.25) is 9.69 Å². The number of hydrogen-bond donors (Lipinski definition) is 1. The normalized spacial score (nSPS) is 20.6. The minimum absolute atomic E-state index is 0.0529. The molecule has 1 atom stereocenters. The molecule has 2 aromatic rings. The molecule has 2 aliphatic rings. The van der Waals surface area contributed by atoms with E-state index < -0.39 is 0 Å². The average molecular weight is 365 g/mol. The fourth-order valence-electron chi connectivity index (χ4n) is 4.56. The molecule has 1 saturated heterocycles. The molecule has 1 heterocycles. The fourth-order valence-corrected chi connectivity index (χ4v) is 4.56. The van der Waals surface area contributed by atoms with Crippen molar-refractivity contribution in [2.45, 2.75) is 32.2 Å². The molecule has 0 amide bonds. The van der Waals surface area contributed by atoms with Gasteiger partial charge >= 0.3 is 0 Å². The number of aromatic hydroxyl groups is 1. The number of carbonyl (C=O) groups is 1. The molecule has 1 aliphatic carbocycles. The van der Waals surface area contributed by atoms with Gasteiger partial charge in [-0.1, -0.05) is 30.3 Å². The topological polar surface area (TPSA) is 49.8 Å². The van der Waals surface area contributed by atoms with Crippen molar-refractivity contribution in [3.63, 3.8) is 0 Å². The van der Waals surface area contributed by atoms with Gasteiger partial charge in [0.25, 0.3) is 0 Å². The van der Waals surface area contributed by atoms with Crippen LogP contribution in [-0.4, -0.2) is 36.0 Å². The summed E-state index contributed by atoms with van der Waals surface area (Å²) in [6, 6.07) is 14.0. The Morgan fingerprint density at radius 2 is 1.89 bits per heavy atom. The number of methoxy groups -OCH3 is 1. The van der Waals surface area contributed by atoms with Gasteiger partial charge in [-0.15, -0.1) is 0 Å². The Morgan fingerprint density at radius 3 is 2.59 bits per heavy atom. The van der Waals surface area contributed by atoms with Gasteiger partial charge in [-0.05, 0) is 68.0 Å². The molecule has 142 valence electrons. The Labute approximate surface area is 160 Å². The lowest BCUT2D eigenvalue weighted by Crippen LogP contribution is -2.34. The van der Waals surface area contributed by atoms with Crippen LogP contribution in [0.5, 0.6) is 11.5 Å². The third kappa shape index (κ3) is 3.86. The van der Waals surface area contributed by atoms with E-state index in [1.807, 2.05) is 6.07 Å². The van der Waals surface area contributed by atoms with E-state index >= 15 is 0 Å².